The summed E-state index contributed by atoms with van der Waals surface area (Å²) in [6, 6.07) is 0. The van der Waals surface area contributed by atoms with Gasteiger partial charge in [-0.2, -0.15) is 0 Å². The lowest BCUT2D eigenvalue weighted by molar-refractivity contribution is -0.304. The first-order valence-electron chi connectivity index (χ1n) is 8.13. The molecule has 1 N–H and O–H groups in total. The number of carboxylic acids is 1. The van der Waals surface area contributed by atoms with Gasteiger partial charge in [-0.15, -0.1) is 0 Å². The topological polar surface area (TPSA) is 69.2 Å². The monoisotopic (exact) mass is 284 g/mol. The smallest absolute Gasteiger partial charge is 0.220 e. The zero-order chi connectivity index (χ0) is 15.1. The van der Waals surface area contributed by atoms with Crippen LogP contribution >= 0.6 is 0 Å². The number of hydrogen-bond donors (Lipinski definition) is 1. The Balaban J connectivity index is 3.12. The Morgan fingerprint density at radius 3 is 1.70 bits per heavy atom. The minimum absolute atomic E-state index is 0.190. The summed E-state index contributed by atoms with van der Waals surface area (Å²) in [6.45, 7) is 1.86. The maximum Gasteiger partial charge on any atom is 0.220 e. The normalized spacial score (nSPS) is 10.4. The second-order valence-corrected chi connectivity index (χ2v) is 5.43. The summed E-state index contributed by atoms with van der Waals surface area (Å²) < 4.78 is 0. The molecule has 20 heavy (non-hydrogen) atoms. The van der Waals surface area contributed by atoms with Gasteiger partial charge in [0.1, 0.15) is 0 Å². The van der Waals surface area contributed by atoms with E-state index in [1.807, 2.05) is 0 Å². The van der Waals surface area contributed by atoms with Crippen LogP contribution in [0.3, 0.4) is 0 Å². The van der Waals surface area contributed by atoms with E-state index in [1.54, 1.807) is 0 Å². The van der Waals surface area contributed by atoms with Crippen molar-refractivity contribution < 1.29 is 14.7 Å². The molecule has 0 aromatic rings. The minimum atomic E-state index is -1.24. The fourth-order valence-corrected chi connectivity index (χ4v) is 2.21. The summed E-state index contributed by atoms with van der Waals surface area (Å²) in [7, 11) is 0. The summed E-state index contributed by atoms with van der Waals surface area (Å²) in [5, 5.41) is 12.5. The highest BCUT2D eigenvalue weighted by molar-refractivity contribution is 5.80. The number of hydrogen-bond acceptors (Lipinski definition) is 3. The predicted octanol–water partition coefficient (Wildman–Crippen LogP) is 2.55. The largest absolute Gasteiger partial charge is 0.548 e. The van der Waals surface area contributed by atoms with E-state index < -0.39 is 5.97 Å². The first-order valence-corrected chi connectivity index (χ1v) is 8.13. The van der Waals surface area contributed by atoms with Gasteiger partial charge in [0.05, 0.1) is 12.5 Å². The van der Waals surface area contributed by atoms with Crippen molar-refractivity contribution in [3.63, 3.8) is 0 Å². The van der Waals surface area contributed by atoms with Crippen molar-refractivity contribution >= 4 is 11.9 Å². The maximum absolute atomic E-state index is 11.2. The molecule has 0 bridgehead atoms. The Bertz CT molecular complexity index is 254. The summed E-state index contributed by atoms with van der Waals surface area (Å²) in [4.78, 5) is 21.3. The van der Waals surface area contributed by atoms with Gasteiger partial charge in [-0.25, -0.2) is 0 Å². The Morgan fingerprint density at radius 2 is 1.25 bits per heavy atom. The lowest BCUT2D eigenvalue weighted by Crippen LogP contribution is -2.37. The fraction of sp³-hybridized carbons (Fsp3) is 0.875. The van der Waals surface area contributed by atoms with Gasteiger partial charge >= 0.3 is 0 Å². The van der Waals surface area contributed by atoms with Crippen molar-refractivity contribution in [1.82, 2.24) is 5.32 Å². The van der Waals surface area contributed by atoms with Crippen molar-refractivity contribution in [2.45, 2.75) is 84.0 Å². The molecule has 0 fully saturated rings. The van der Waals surface area contributed by atoms with Crippen molar-refractivity contribution in [3.8, 4) is 0 Å². The second-order valence-electron chi connectivity index (χ2n) is 5.43. The zero-order valence-electron chi connectivity index (χ0n) is 12.9. The van der Waals surface area contributed by atoms with Gasteiger partial charge in [0.15, 0.2) is 0 Å². The number of carbonyl (C=O) groups is 2. The van der Waals surface area contributed by atoms with E-state index in [1.165, 1.54) is 57.8 Å². The quantitative estimate of drug-likeness (QED) is 0.498. The van der Waals surface area contributed by atoms with Gasteiger partial charge in [-0.1, -0.05) is 71.1 Å². The highest BCUT2D eigenvalue weighted by Gasteiger charge is 2.00. The second kappa shape index (κ2) is 14.4. The number of aliphatic carboxylic acids is 1. The molecule has 0 rings (SSSR count). The summed E-state index contributed by atoms with van der Waals surface area (Å²) in [5.41, 5.74) is 0. The van der Waals surface area contributed by atoms with Crippen LogP contribution in [0.25, 0.3) is 0 Å². The molecule has 0 heterocycles. The molecule has 0 aliphatic carbocycles. The Morgan fingerprint density at radius 1 is 0.800 bits per heavy atom. The number of carbonyl (C=O) groups excluding carboxylic acids is 2. The molecule has 0 saturated carbocycles. The lowest BCUT2D eigenvalue weighted by Gasteiger charge is -2.05. The van der Waals surface area contributed by atoms with E-state index in [2.05, 4.69) is 12.2 Å². The third-order valence-corrected chi connectivity index (χ3v) is 3.44. The Kier molecular flexibility index (Phi) is 13.6. The minimum Gasteiger partial charge on any atom is -0.548 e. The summed E-state index contributed by atoms with van der Waals surface area (Å²) in [6.07, 6.45) is 14.1. The van der Waals surface area contributed by atoms with E-state index in [4.69, 9.17) is 0 Å². The van der Waals surface area contributed by atoms with Crippen molar-refractivity contribution in [1.29, 1.82) is 0 Å². The van der Waals surface area contributed by atoms with Crippen molar-refractivity contribution in [3.05, 3.63) is 0 Å². The van der Waals surface area contributed by atoms with E-state index >= 15 is 0 Å². The fourth-order valence-electron chi connectivity index (χ4n) is 2.21. The molecule has 0 saturated heterocycles. The molecule has 0 spiro atoms. The van der Waals surface area contributed by atoms with E-state index in [-0.39, 0.29) is 12.5 Å². The van der Waals surface area contributed by atoms with Gasteiger partial charge in [0.25, 0.3) is 0 Å². The zero-order valence-corrected chi connectivity index (χ0v) is 12.9. The molecular weight excluding hydrogens is 254 g/mol. The molecule has 0 aliphatic heterocycles. The van der Waals surface area contributed by atoms with Crippen LogP contribution in [-0.4, -0.2) is 18.4 Å². The molecule has 0 aromatic heterocycles. The van der Waals surface area contributed by atoms with Gasteiger partial charge in [0, 0.05) is 6.42 Å². The molecule has 0 unspecified atom stereocenters. The van der Waals surface area contributed by atoms with Crippen LogP contribution in [0.1, 0.15) is 84.0 Å². The first-order chi connectivity index (χ1) is 9.66. The molecule has 0 atom stereocenters. The van der Waals surface area contributed by atoms with Gasteiger partial charge < -0.3 is 15.2 Å². The van der Waals surface area contributed by atoms with Gasteiger partial charge in [0.2, 0.25) is 5.91 Å². The van der Waals surface area contributed by atoms with Gasteiger partial charge in [-0.3, -0.25) is 4.79 Å². The van der Waals surface area contributed by atoms with Crippen molar-refractivity contribution in [2.24, 2.45) is 0 Å². The highest BCUT2D eigenvalue weighted by Crippen LogP contribution is 2.11. The van der Waals surface area contributed by atoms with Crippen molar-refractivity contribution in [2.75, 3.05) is 6.54 Å². The Hall–Kier alpha value is -1.06. The van der Waals surface area contributed by atoms with Crippen LogP contribution in [0.15, 0.2) is 0 Å². The van der Waals surface area contributed by atoms with E-state index in [0.717, 1.165) is 12.8 Å². The lowest BCUT2D eigenvalue weighted by atomic mass is 10.1. The SMILES string of the molecule is CCCCCCCCCCCCCC(=O)NCC(=O)[O-]. The van der Waals surface area contributed by atoms with E-state index in [0.29, 0.717) is 6.42 Å². The van der Waals surface area contributed by atoms with Crippen LogP contribution in [-0.2, 0) is 9.59 Å². The first kappa shape index (κ1) is 18.9. The maximum atomic E-state index is 11.2. The molecule has 4 nitrogen and oxygen atoms in total. The number of carboxylic acid groups (broad SMARTS) is 1. The molecule has 1 amide bonds. The molecule has 0 radical (unpaired) electrons. The summed E-state index contributed by atoms with van der Waals surface area (Å²) >= 11 is 0. The average molecular weight is 284 g/mol. The molecular formula is C16H30NO3-. The van der Waals surface area contributed by atoms with E-state index in [9.17, 15) is 14.7 Å². The average Bonchev–Trinajstić information content (AvgIpc) is 2.42. The third-order valence-electron chi connectivity index (χ3n) is 3.44. The van der Waals surface area contributed by atoms with Crippen LogP contribution in [0.2, 0.25) is 0 Å². The Labute approximate surface area is 123 Å². The number of amides is 1. The molecule has 0 aromatic carbocycles. The number of nitrogens with one attached hydrogen (secondary N) is 1. The third kappa shape index (κ3) is 15.0. The standard InChI is InChI=1S/C16H31NO3/c1-2-3-4-5-6-7-8-9-10-11-12-13-15(18)17-14-16(19)20/h2-14H2,1H3,(H,17,18)(H,19,20)/p-1. The van der Waals surface area contributed by atoms with Crippen LogP contribution in [0, 0.1) is 0 Å². The molecule has 4 heteroatoms. The van der Waals surface area contributed by atoms with Crippen LogP contribution in [0.5, 0.6) is 0 Å². The van der Waals surface area contributed by atoms with Crippen LogP contribution in [0.4, 0.5) is 0 Å². The number of rotatable bonds is 14. The number of unbranched alkanes of at least 4 members (excludes halogenated alkanes) is 10. The molecule has 118 valence electrons. The highest BCUT2D eigenvalue weighted by atomic mass is 16.4. The van der Waals surface area contributed by atoms with Crippen LogP contribution < -0.4 is 10.4 Å². The summed E-state index contributed by atoms with van der Waals surface area (Å²) in [5.74, 6) is -1.43. The van der Waals surface area contributed by atoms with Gasteiger partial charge in [-0.05, 0) is 6.42 Å². The molecule has 0 aliphatic rings. The predicted molar refractivity (Wildman–Crippen MR) is 79.1 cm³/mol.